The van der Waals surface area contributed by atoms with Crippen LogP contribution in [0.3, 0.4) is 0 Å². The summed E-state index contributed by atoms with van der Waals surface area (Å²) in [5.41, 5.74) is -1.04. The molecule has 1 atom stereocenters. The second-order valence-electron chi connectivity index (χ2n) is 6.74. The van der Waals surface area contributed by atoms with Crippen molar-refractivity contribution in [1.29, 1.82) is 0 Å². The van der Waals surface area contributed by atoms with Crippen molar-refractivity contribution in [3.63, 3.8) is 0 Å². The van der Waals surface area contributed by atoms with Crippen molar-refractivity contribution in [3.05, 3.63) is 68.2 Å². The van der Waals surface area contributed by atoms with E-state index in [2.05, 4.69) is 10.3 Å². The minimum atomic E-state index is -1.06. The number of rotatable bonds is 3. The molecule has 4 rings (SSSR count). The third kappa shape index (κ3) is 3.03. The summed E-state index contributed by atoms with van der Waals surface area (Å²) >= 11 is 12.4. The molecular formula is C19H15Cl2F2N3O2. The molecule has 1 fully saturated rings. The van der Waals surface area contributed by atoms with Gasteiger partial charge < -0.3 is 14.6 Å². The van der Waals surface area contributed by atoms with Gasteiger partial charge in [0.1, 0.15) is 11.3 Å². The molecule has 1 aliphatic heterocycles. The van der Waals surface area contributed by atoms with Gasteiger partial charge in [0.2, 0.25) is 0 Å². The van der Waals surface area contributed by atoms with Crippen LogP contribution < -0.4 is 10.9 Å². The average Bonchev–Trinajstić information content (AvgIpc) is 3.11. The molecule has 1 N–H and O–H groups in total. The lowest BCUT2D eigenvalue weighted by Crippen LogP contribution is -2.37. The lowest BCUT2D eigenvalue weighted by atomic mass is 9.88. The number of anilines is 1. The van der Waals surface area contributed by atoms with Crippen molar-refractivity contribution < 1.29 is 13.5 Å². The molecule has 1 saturated heterocycles. The Kier molecular flexibility index (Phi) is 4.77. The predicted molar refractivity (Wildman–Crippen MR) is 104 cm³/mol. The molecule has 2 aromatic carbocycles. The van der Waals surface area contributed by atoms with Crippen LogP contribution in [0.5, 0.6) is 0 Å². The second-order valence-corrected chi connectivity index (χ2v) is 7.53. The fourth-order valence-electron chi connectivity index (χ4n) is 3.52. The van der Waals surface area contributed by atoms with E-state index in [1.165, 1.54) is 42.2 Å². The van der Waals surface area contributed by atoms with E-state index in [-0.39, 0.29) is 38.8 Å². The van der Waals surface area contributed by atoms with E-state index in [4.69, 9.17) is 27.9 Å². The molecule has 0 unspecified atom stereocenters. The van der Waals surface area contributed by atoms with Crippen LogP contribution in [0.2, 0.25) is 10.0 Å². The van der Waals surface area contributed by atoms with Gasteiger partial charge in [0.05, 0.1) is 33.9 Å². The summed E-state index contributed by atoms with van der Waals surface area (Å²) in [7, 11) is 1.53. The van der Waals surface area contributed by atoms with Crippen LogP contribution in [0.15, 0.2) is 35.4 Å². The molecule has 0 spiro atoms. The number of nitrogens with zero attached hydrogens (tertiary/aromatic N) is 2. The van der Waals surface area contributed by atoms with Crippen LogP contribution in [0.4, 0.5) is 14.5 Å². The van der Waals surface area contributed by atoms with Crippen molar-refractivity contribution in [3.8, 4) is 0 Å². The normalized spacial score (nSPS) is 19.3. The zero-order valence-electron chi connectivity index (χ0n) is 14.7. The first-order chi connectivity index (χ1) is 13.3. The van der Waals surface area contributed by atoms with Crippen LogP contribution in [0.25, 0.3) is 10.9 Å². The molecule has 146 valence electrons. The fourth-order valence-corrected chi connectivity index (χ4v) is 4.01. The van der Waals surface area contributed by atoms with Crippen LogP contribution in [0, 0.1) is 11.6 Å². The zero-order valence-corrected chi connectivity index (χ0v) is 16.2. The number of nitrogens with one attached hydrogen (secondary N) is 1. The maximum absolute atomic E-state index is 14.7. The maximum atomic E-state index is 14.7. The molecule has 0 radical (unpaired) electrons. The highest BCUT2D eigenvalue weighted by molar-refractivity contribution is 6.42. The van der Waals surface area contributed by atoms with Crippen molar-refractivity contribution in [2.75, 3.05) is 18.5 Å². The van der Waals surface area contributed by atoms with Gasteiger partial charge in [0.25, 0.3) is 5.56 Å². The number of aryl methyl sites for hydroxylation is 1. The first kappa shape index (κ1) is 19.1. The smallest absolute Gasteiger partial charge is 0.261 e. The molecule has 1 aromatic heterocycles. The van der Waals surface area contributed by atoms with Gasteiger partial charge in [-0.2, -0.15) is 0 Å². The van der Waals surface area contributed by atoms with Gasteiger partial charge in [-0.05, 0) is 24.3 Å². The minimum absolute atomic E-state index is 0.0302. The quantitative estimate of drug-likeness (QED) is 0.637. The Labute approximate surface area is 168 Å². The van der Waals surface area contributed by atoms with Crippen LogP contribution in [-0.2, 0) is 17.3 Å². The monoisotopic (exact) mass is 425 g/mol. The molecule has 1 aliphatic rings. The number of benzene rings is 2. The summed E-state index contributed by atoms with van der Waals surface area (Å²) < 4.78 is 36.0. The minimum Gasteiger partial charge on any atom is -0.379 e. The highest BCUT2D eigenvalue weighted by Gasteiger charge is 2.41. The molecule has 5 nitrogen and oxygen atoms in total. The Morgan fingerprint density at radius 2 is 2.04 bits per heavy atom. The van der Waals surface area contributed by atoms with Gasteiger partial charge in [-0.1, -0.05) is 23.2 Å². The van der Waals surface area contributed by atoms with Crippen LogP contribution in [-0.4, -0.2) is 22.8 Å². The number of hydrogen-bond acceptors (Lipinski definition) is 4. The van der Waals surface area contributed by atoms with Gasteiger partial charge in [-0.3, -0.25) is 4.79 Å². The van der Waals surface area contributed by atoms with Crippen molar-refractivity contribution >= 4 is 39.8 Å². The van der Waals surface area contributed by atoms with Crippen LogP contribution >= 0.6 is 23.2 Å². The van der Waals surface area contributed by atoms with Gasteiger partial charge in [-0.25, -0.2) is 13.8 Å². The molecule has 28 heavy (non-hydrogen) atoms. The Balaban J connectivity index is 1.88. The van der Waals surface area contributed by atoms with E-state index in [1.54, 1.807) is 0 Å². The molecule has 0 aliphatic carbocycles. The first-order valence-electron chi connectivity index (χ1n) is 8.47. The molecular weight excluding hydrogens is 411 g/mol. The van der Waals surface area contributed by atoms with Crippen molar-refractivity contribution in [2.24, 2.45) is 7.05 Å². The average molecular weight is 426 g/mol. The van der Waals surface area contributed by atoms with E-state index < -0.39 is 22.7 Å². The second kappa shape index (κ2) is 6.99. The Morgan fingerprint density at radius 3 is 2.75 bits per heavy atom. The zero-order chi connectivity index (χ0) is 20.1. The number of hydrogen-bond donors (Lipinski definition) is 1. The molecule has 2 heterocycles. The van der Waals surface area contributed by atoms with E-state index in [9.17, 15) is 13.6 Å². The number of halogens is 4. The highest BCUT2D eigenvalue weighted by Crippen LogP contribution is 2.42. The SMILES string of the molecule is Cn1cnc2c(F)cc(N[C@]3(c4c(F)ccc(Cl)c4Cl)CCOC3)cc2c1=O. The van der Waals surface area contributed by atoms with Crippen molar-refractivity contribution in [2.45, 2.75) is 12.0 Å². The van der Waals surface area contributed by atoms with E-state index in [0.717, 1.165) is 0 Å². The predicted octanol–water partition coefficient (Wildman–Crippen LogP) is 4.25. The summed E-state index contributed by atoms with van der Waals surface area (Å²) in [6.07, 6.45) is 1.64. The molecule has 0 bridgehead atoms. The third-order valence-corrected chi connectivity index (χ3v) is 5.71. The lowest BCUT2D eigenvalue weighted by Gasteiger charge is -2.32. The number of ether oxygens (including phenoxy) is 1. The van der Waals surface area contributed by atoms with E-state index in [1.807, 2.05) is 0 Å². The van der Waals surface area contributed by atoms with Gasteiger partial charge >= 0.3 is 0 Å². The summed E-state index contributed by atoms with van der Waals surface area (Å²) in [6, 6.07) is 5.30. The van der Waals surface area contributed by atoms with E-state index >= 15 is 0 Å². The molecule has 9 heteroatoms. The van der Waals surface area contributed by atoms with E-state index in [0.29, 0.717) is 13.0 Å². The maximum Gasteiger partial charge on any atom is 0.261 e. The standard InChI is InChI=1S/C19H15Cl2F2N3O2/c1-26-9-24-17-11(18(26)27)6-10(7-14(17)23)25-19(4-5-28-8-19)15-13(22)3-2-12(20)16(15)21/h2-3,6-7,9,25H,4-5,8H2,1H3/t19-/m1/s1. The highest BCUT2D eigenvalue weighted by atomic mass is 35.5. The Hall–Kier alpha value is -2.22. The topological polar surface area (TPSA) is 56.1 Å². The van der Waals surface area contributed by atoms with Gasteiger partial charge in [0.15, 0.2) is 5.82 Å². The summed E-state index contributed by atoms with van der Waals surface area (Å²) in [5, 5.41) is 3.52. The van der Waals surface area contributed by atoms with Crippen molar-refractivity contribution in [1.82, 2.24) is 9.55 Å². The first-order valence-corrected chi connectivity index (χ1v) is 9.23. The summed E-state index contributed by atoms with van der Waals surface area (Å²) in [4.78, 5) is 16.3. The molecule has 3 aromatic rings. The number of fused-ring (bicyclic) bond motifs is 1. The largest absolute Gasteiger partial charge is 0.379 e. The summed E-state index contributed by atoms with van der Waals surface area (Å²) in [6.45, 7) is 0.462. The number of aromatic nitrogens is 2. The van der Waals surface area contributed by atoms with Crippen LogP contribution in [0.1, 0.15) is 12.0 Å². The van der Waals surface area contributed by atoms with Gasteiger partial charge in [0, 0.05) is 31.3 Å². The Bertz CT molecular complexity index is 1140. The molecule has 0 amide bonds. The lowest BCUT2D eigenvalue weighted by molar-refractivity contribution is 0.181. The van der Waals surface area contributed by atoms with Gasteiger partial charge in [-0.15, -0.1) is 0 Å². The Morgan fingerprint density at radius 1 is 1.25 bits per heavy atom. The fraction of sp³-hybridized carbons (Fsp3) is 0.263. The molecule has 0 saturated carbocycles. The summed E-state index contributed by atoms with van der Waals surface area (Å²) in [5.74, 6) is -1.21. The third-order valence-electron chi connectivity index (χ3n) is 4.90.